The van der Waals surface area contributed by atoms with Crippen LogP contribution in [0, 0.1) is 12.8 Å². The molecule has 17 heavy (non-hydrogen) atoms. The fourth-order valence-corrected chi connectivity index (χ4v) is 2.75. The Morgan fingerprint density at radius 3 is 2.35 bits per heavy atom. The van der Waals surface area contributed by atoms with Crippen molar-refractivity contribution in [2.24, 2.45) is 5.92 Å². The Morgan fingerprint density at radius 2 is 1.82 bits per heavy atom. The molecule has 0 saturated heterocycles. The molecule has 0 radical (unpaired) electrons. The third kappa shape index (κ3) is 5.26. The van der Waals surface area contributed by atoms with Gasteiger partial charge in [0.1, 0.15) is 0 Å². The number of ketones is 1. The van der Waals surface area contributed by atoms with Gasteiger partial charge in [-0.15, -0.1) is 0 Å². The lowest BCUT2D eigenvalue weighted by Crippen LogP contribution is -2.14. The summed E-state index contributed by atoms with van der Waals surface area (Å²) in [6.07, 6.45) is 0.911. The molecule has 0 amide bonds. The first-order chi connectivity index (χ1) is 7.99. The lowest BCUT2D eigenvalue weighted by Gasteiger charge is -2.05. The van der Waals surface area contributed by atoms with Gasteiger partial charge in [0, 0.05) is 22.1 Å². The molecule has 0 aliphatic rings. The summed E-state index contributed by atoms with van der Waals surface area (Å²) in [6, 6.07) is 7.42. The van der Waals surface area contributed by atoms with E-state index in [0.717, 1.165) is 12.0 Å². The predicted octanol–water partition coefficient (Wildman–Crippen LogP) is 2.97. The summed E-state index contributed by atoms with van der Waals surface area (Å²) in [7, 11) is -1.03. The summed E-state index contributed by atoms with van der Waals surface area (Å²) in [4.78, 5) is 11.8. The minimum absolute atomic E-state index is 0.0212. The van der Waals surface area contributed by atoms with Crippen molar-refractivity contribution in [3.05, 3.63) is 35.4 Å². The molecule has 0 N–H and O–H groups in total. The normalized spacial score (nSPS) is 12.7. The van der Waals surface area contributed by atoms with Crippen LogP contribution in [0.4, 0.5) is 0 Å². The zero-order valence-electron chi connectivity index (χ0n) is 10.7. The van der Waals surface area contributed by atoms with Crippen LogP contribution >= 0.6 is 0 Å². The van der Waals surface area contributed by atoms with Crippen LogP contribution in [0.3, 0.4) is 0 Å². The van der Waals surface area contributed by atoms with E-state index < -0.39 is 10.8 Å². The maximum atomic E-state index is 11.8. The van der Waals surface area contributed by atoms with Gasteiger partial charge in [0.2, 0.25) is 0 Å². The summed E-state index contributed by atoms with van der Waals surface area (Å²) >= 11 is 0. The van der Waals surface area contributed by atoms with Crippen molar-refractivity contribution in [2.75, 3.05) is 11.5 Å². The highest BCUT2D eigenvalue weighted by molar-refractivity contribution is 7.85. The second kappa shape index (κ2) is 6.70. The van der Waals surface area contributed by atoms with E-state index in [9.17, 15) is 9.00 Å². The molecule has 0 spiro atoms. The van der Waals surface area contributed by atoms with Crippen LogP contribution in [-0.4, -0.2) is 21.5 Å². The molecular weight excluding hydrogens is 232 g/mol. The smallest absolute Gasteiger partial charge is 0.175 e. The Morgan fingerprint density at radius 1 is 1.24 bits per heavy atom. The minimum atomic E-state index is -1.03. The van der Waals surface area contributed by atoms with E-state index in [4.69, 9.17) is 0 Å². The number of rotatable bonds is 6. The first-order valence-corrected chi connectivity index (χ1v) is 7.42. The molecule has 1 aromatic carbocycles. The lowest BCUT2D eigenvalue weighted by atomic mass is 10.1. The van der Waals surface area contributed by atoms with Gasteiger partial charge in [0.15, 0.2) is 5.78 Å². The molecule has 2 nitrogen and oxygen atoms in total. The average Bonchev–Trinajstić information content (AvgIpc) is 2.27. The zero-order valence-corrected chi connectivity index (χ0v) is 11.5. The summed E-state index contributed by atoms with van der Waals surface area (Å²) in [5.74, 6) is 1.28. The molecule has 3 heteroatoms. The Labute approximate surface area is 106 Å². The van der Waals surface area contributed by atoms with E-state index in [1.165, 1.54) is 0 Å². The summed E-state index contributed by atoms with van der Waals surface area (Å²) in [6.45, 7) is 6.17. The topological polar surface area (TPSA) is 34.1 Å². The second-order valence-corrected chi connectivity index (χ2v) is 6.34. The minimum Gasteiger partial charge on any atom is -0.293 e. The third-order valence-corrected chi connectivity index (χ3v) is 3.86. The molecule has 1 atom stereocenters. The molecule has 0 aliphatic heterocycles. The van der Waals surface area contributed by atoms with Gasteiger partial charge in [-0.05, 0) is 19.3 Å². The zero-order chi connectivity index (χ0) is 12.8. The number of aryl methyl sites for hydroxylation is 1. The maximum Gasteiger partial charge on any atom is 0.175 e. The Kier molecular flexibility index (Phi) is 5.56. The van der Waals surface area contributed by atoms with Crippen molar-refractivity contribution in [1.82, 2.24) is 0 Å². The van der Waals surface area contributed by atoms with Gasteiger partial charge in [-0.1, -0.05) is 43.7 Å². The van der Waals surface area contributed by atoms with Crippen molar-refractivity contribution in [3.63, 3.8) is 0 Å². The van der Waals surface area contributed by atoms with Crippen LogP contribution in [0.1, 0.15) is 36.2 Å². The third-order valence-electron chi connectivity index (χ3n) is 2.59. The van der Waals surface area contributed by atoms with E-state index in [-0.39, 0.29) is 11.5 Å². The van der Waals surface area contributed by atoms with Crippen molar-refractivity contribution < 1.29 is 9.00 Å². The number of hydrogen-bond acceptors (Lipinski definition) is 2. The van der Waals surface area contributed by atoms with Gasteiger partial charge in [0.05, 0.1) is 5.75 Å². The van der Waals surface area contributed by atoms with Crippen LogP contribution < -0.4 is 0 Å². The van der Waals surface area contributed by atoms with Gasteiger partial charge in [-0.2, -0.15) is 0 Å². The second-order valence-electron chi connectivity index (χ2n) is 4.76. The van der Waals surface area contributed by atoms with Crippen LogP contribution in [0.5, 0.6) is 0 Å². The van der Waals surface area contributed by atoms with Gasteiger partial charge in [-0.3, -0.25) is 9.00 Å². The summed E-state index contributed by atoms with van der Waals surface area (Å²) < 4.78 is 11.7. The van der Waals surface area contributed by atoms with Crippen LogP contribution in [0.25, 0.3) is 0 Å². The lowest BCUT2D eigenvalue weighted by molar-refractivity contribution is 0.102. The van der Waals surface area contributed by atoms with Crippen LogP contribution in [-0.2, 0) is 10.8 Å². The Hall–Kier alpha value is -0.960. The van der Waals surface area contributed by atoms with E-state index in [1.54, 1.807) is 12.1 Å². The van der Waals surface area contributed by atoms with Crippen LogP contribution in [0.15, 0.2) is 24.3 Å². The van der Waals surface area contributed by atoms with Crippen molar-refractivity contribution in [1.29, 1.82) is 0 Å². The molecule has 94 valence electrons. The molecule has 0 saturated carbocycles. The largest absolute Gasteiger partial charge is 0.293 e. The van der Waals surface area contributed by atoms with E-state index in [2.05, 4.69) is 13.8 Å². The number of carbonyl (C=O) groups is 1. The molecular formula is C14H20O2S. The molecule has 0 fully saturated rings. The van der Waals surface area contributed by atoms with Gasteiger partial charge >= 0.3 is 0 Å². The Balaban J connectivity index is 2.49. The number of carbonyl (C=O) groups excluding carboxylic acids is 1. The number of Topliss-reactive ketones (excluding diaryl/α,β-unsaturated/α-hetero) is 1. The maximum absolute atomic E-state index is 11.8. The van der Waals surface area contributed by atoms with Gasteiger partial charge in [0.25, 0.3) is 0 Å². The van der Waals surface area contributed by atoms with E-state index in [0.29, 0.717) is 17.2 Å². The molecule has 1 rings (SSSR count). The fraction of sp³-hybridized carbons (Fsp3) is 0.500. The number of hydrogen-bond donors (Lipinski definition) is 0. The standard InChI is InChI=1S/C14H20O2S/c1-11(2)8-9-17(16)10-14(15)13-6-4-12(3)5-7-13/h4-7,11H,8-10H2,1-3H3. The molecule has 0 aromatic heterocycles. The van der Waals surface area contributed by atoms with Crippen molar-refractivity contribution >= 4 is 16.6 Å². The van der Waals surface area contributed by atoms with Crippen molar-refractivity contribution in [3.8, 4) is 0 Å². The average molecular weight is 252 g/mol. The first kappa shape index (κ1) is 14.1. The molecule has 1 unspecified atom stereocenters. The molecule has 0 bridgehead atoms. The SMILES string of the molecule is Cc1ccc(C(=O)CS(=O)CCC(C)C)cc1. The number of benzene rings is 1. The molecule has 0 aliphatic carbocycles. The van der Waals surface area contributed by atoms with Gasteiger partial charge in [-0.25, -0.2) is 0 Å². The van der Waals surface area contributed by atoms with E-state index in [1.807, 2.05) is 19.1 Å². The Bertz CT molecular complexity index is 393. The van der Waals surface area contributed by atoms with Crippen LogP contribution in [0.2, 0.25) is 0 Å². The highest BCUT2D eigenvalue weighted by Gasteiger charge is 2.10. The van der Waals surface area contributed by atoms with Gasteiger partial charge < -0.3 is 0 Å². The summed E-state index contributed by atoms with van der Waals surface area (Å²) in [5, 5.41) is 0. The molecule has 0 heterocycles. The van der Waals surface area contributed by atoms with Crippen molar-refractivity contribution in [2.45, 2.75) is 27.2 Å². The first-order valence-electron chi connectivity index (χ1n) is 5.94. The van der Waals surface area contributed by atoms with E-state index >= 15 is 0 Å². The monoisotopic (exact) mass is 252 g/mol. The highest BCUT2D eigenvalue weighted by atomic mass is 32.2. The molecule has 1 aromatic rings. The summed E-state index contributed by atoms with van der Waals surface area (Å²) in [5.41, 5.74) is 1.79. The quantitative estimate of drug-likeness (QED) is 0.729. The predicted molar refractivity (Wildman–Crippen MR) is 72.8 cm³/mol. The fourth-order valence-electron chi connectivity index (χ4n) is 1.41. The highest BCUT2D eigenvalue weighted by Crippen LogP contribution is 2.06.